The van der Waals surface area contributed by atoms with Crippen LogP contribution in [0.1, 0.15) is 23.0 Å². The van der Waals surface area contributed by atoms with Gasteiger partial charge in [0.15, 0.2) is 0 Å². The number of hydrogen-bond acceptors (Lipinski definition) is 4. The first-order valence-corrected chi connectivity index (χ1v) is 6.84. The van der Waals surface area contributed by atoms with Gasteiger partial charge in [-0.2, -0.15) is 5.10 Å². The molecule has 0 saturated carbocycles. The van der Waals surface area contributed by atoms with Crippen molar-refractivity contribution in [2.24, 2.45) is 0 Å². The van der Waals surface area contributed by atoms with Crippen molar-refractivity contribution >= 4 is 23.0 Å². The van der Waals surface area contributed by atoms with E-state index in [0.717, 1.165) is 16.9 Å². The number of carbonyl (C=O) groups excluding carboxylic acids is 1. The number of nitrogens with two attached hydrogens (primary N) is 1. The van der Waals surface area contributed by atoms with Crippen LogP contribution >= 0.6 is 0 Å². The van der Waals surface area contributed by atoms with Crippen molar-refractivity contribution in [1.29, 1.82) is 0 Å². The first-order valence-electron chi connectivity index (χ1n) is 6.84. The lowest BCUT2D eigenvalue weighted by molar-refractivity contribution is 0.101. The summed E-state index contributed by atoms with van der Waals surface area (Å²) in [5, 5.41) is 6.96. The van der Waals surface area contributed by atoms with Gasteiger partial charge in [-0.15, -0.1) is 0 Å². The van der Waals surface area contributed by atoms with E-state index in [1.165, 1.54) is 6.20 Å². The lowest BCUT2D eigenvalue weighted by Crippen LogP contribution is -2.19. The number of aryl methyl sites for hydroxylation is 2. The maximum absolute atomic E-state index is 12.4. The van der Waals surface area contributed by atoms with Gasteiger partial charge in [0.05, 0.1) is 11.9 Å². The maximum atomic E-state index is 12.4. The number of carbonyl (C=O) groups is 1. The van der Waals surface area contributed by atoms with Crippen LogP contribution in [-0.4, -0.2) is 29.8 Å². The van der Waals surface area contributed by atoms with Gasteiger partial charge in [-0.05, 0) is 31.5 Å². The molecule has 0 saturated heterocycles. The van der Waals surface area contributed by atoms with Gasteiger partial charge in [0, 0.05) is 32.0 Å². The van der Waals surface area contributed by atoms with Crippen LogP contribution in [-0.2, 0) is 6.54 Å². The topological polar surface area (TPSA) is 76.2 Å². The second-order valence-electron chi connectivity index (χ2n) is 5.11. The normalized spacial score (nSPS) is 10.5. The van der Waals surface area contributed by atoms with E-state index in [2.05, 4.69) is 10.4 Å². The van der Waals surface area contributed by atoms with Gasteiger partial charge in [-0.3, -0.25) is 9.48 Å². The van der Waals surface area contributed by atoms with E-state index in [-0.39, 0.29) is 5.91 Å². The van der Waals surface area contributed by atoms with Crippen molar-refractivity contribution in [2.75, 3.05) is 30.0 Å². The Bertz CT molecular complexity index is 660. The summed E-state index contributed by atoms with van der Waals surface area (Å²) < 4.78 is 1.59. The lowest BCUT2D eigenvalue weighted by Gasteiger charge is -2.17. The Morgan fingerprint density at radius 3 is 2.76 bits per heavy atom. The Hall–Kier alpha value is -2.50. The summed E-state index contributed by atoms with van der Waals surface area (Å²) in [6.45, 7) is 4.54. The number of amides is 1. The number of rotatable bonds is 4. The SMILES string of the molecule is CCn1ncc(N)c1C(=O)Nc1ccc(C)c(N(C)C)c1. The molecule has 6 heteroatoms. The minimum absolute atomic E-state index is 0.250. The Labute approximate surface area is 124 Å². The Balaban J connectivity index is 2.28. The summed E-state index contributed by atoms with van der Waals surface area (Å²) in [6.07, 6.45) is 1.50. The molecule has 1 aromatic carbocycles. The van der Waals surface area contributed by atoms with E-state index < -0.39 is 0 Å². The van der Waals surface area contributed by atoms with Gasteiger partial charge in [0.25, 0.3) is 5.91 Å². The maximum Gasteiger partial charge on any atom is 0.276 e. The van der Waals surface area contributed by atoms with Crippen LogP contribution in [0.25, 0.3) is 0 Å². The van der Waals surface area contributed by atoms with Crippen LogP contribution in [0.2, 0.25) is 0 Å². The van der Waals surface area contributed by atoms with Crippen LogP contribution in [0.3, 0.4) is 0 Å². The quantitative estimate of drug-likeness (QED) is 0.903. The van der Waals surface area contributed by atoms with Crippen LogP contribution in [0.5, 0.6) is 0 Å². The highest BCUT2D eigenvalue weighted by atomic mass is 16.2. The highest BCUT2D eigenvalue weighted by molar-refractivity contribution is 6.06. The number of benzene rings is 1. The number of aromatic nitrogens is 2. The second-order valence-corrected chi connectivity index (χ2v) is 5.11. The summed E-state index contributed by atoms with van der Waals surface area (Å²) in [7, 11) is 3.94. The third kappa shape index (κ3) is 2.99. The lowest BCUT2D eigenvalue weighted by atomic mass is 10.1. The first-order chi connectivity index (χ1) is 9.93. The molecule has 0 atom stereocenters. The van der Waals surface area contributed by atoms with Crippen LogP contribution in [0.15, 0.2) is 24.4 Å². The van der Waals surface area contributed by atoms with E-state index in [0.29, 0.717) is 17.9 Å². The zero-order valence-electron chi connectivity index (χ0n) is 12.8. The molecule has 0 radical (unpaired) electrons. The molecule has 0 aliphatic heterocycles. The van der Waals surface area contributed by atoms with Gasteiger partial charge in [-0.1, -0.05) is 6.07 Å². The van der Waals surface area contributed by atoms with Gasteiger partial charge in [0.1, 0.15) is 5.69 Å². The molecule has 0 bridgehead atoms. The zero-order chi connectivity index (χ0) is 15.6. The molecule has 2 aromatic rings. The molecule has 2 rings (SSSR count). The highest BCUT2D eigenvalue weighted by Gasteiger charge is 2.16. The summed E-state index contributed by atoms with van der Waals surface area (Å²) in [4.78, 5) is 14.4. The minimum atomic E-state index is -0.250. The van der Waals surface area contributed by atoms with Gasteiger partial charge >= 0.3 is 0 Å². The molecule has 6 nitrogen and oxygen atoms in total. The van der Waals surface area contributed by atoms with Crippen LogP contribution < -0.4 is 16.0 Å². The Morgan fingerprint density at radius 2 is 2.14 bits per heavy atom. The number of nitrogen functional groups attached to an aromatic ring is 1. The number of anilines is 3. The smallest absolute Gasteiger partial charge is 0.276 e. The number of nitrogens with zero attached hydrogens (tertiary/aromatic N) is 3. The van der Waals surface area contributed by atoms with Crippen molar-refractivity contribution in [3.05, 3.63) is 35.7 Å². The summed E-state index contributed by atoms with van der Waals surface area (Å²) in [5.74, 6) is -0.250. The fourth-order valence-electron chi connectivity index (χ4n) is 2.25. The molecule has 21 heavy (non-hydrogen) atoms. The van der Waals surface area contributed by atoms with Crippen molar-refractivity contribution in [3.8, 4) is 0 Å². The van der Waals surface area contributed by atoms with E-state index in [9.17, 15) is 4.79 Å². The molecule has 1 heterocycles. The second kappa shape index (κ2) is 5.87. The summed E-state index contributed by atoms with van der Waals surface area (Å²) in [5.41, 5.74) is 9.54. The standard InChI is InChI=1S/C15H21N5O/c1-5-20-14(12(16)9-17-20)15(21)18-11-7-6-10(2)13(8-11)19(3)4/h6-9H,5,16H2,1-4H3,(H,18,21). The fraction of sp³-hybridized carbons (Fsp3) is 0.333. The Morgan fingerprint density at radius 1 is 1.43 bits per heavy atom. The fourth-order valence-corrected chi connectivity index (χ4v) is 2.25. The third-order valence-electron chi connectivity index (χ3n) is 3.33. The van der Waals surface area contributed by atoms with Crippen LogP contribution in [0.4, 0.5) is 17.1 Å². The van der Waals surface area contributed by atoms with Gasteiger partial charge in [-0.25, -0.2) is 0 Å². The minimum Gasteiger partial charge on any atom is -0.396 e. The molecule has 3 N–H and O–H groups in total. The van der Waals surface area contributed by atoms with Gasteiger partial charge in [0.2, 0.25) is 0 Å². The van der Waals surface area contributed by atoms with Crippen LogP contribution in [0, 0.1) is 6.92 Å². The average molecular weight is 287 g/mol. The molecule has 0 aliphatic rings. The summed E-state index contributed by atoms with van der Waals surface area (Å²) in [6, 6.07) is 5.80. The van der Waals surface area contributed by atoms with Crippen molar-refractivity contribution in [3.63, 3.8) is 0 Å². The van der Waals surface area contributed by atoms with Crippen molar-refractivity contribution in [2.45, 2.75) is 20.4 Å². The Kier molecular flexibility index (Phi) is 4.16. The van der Waals surface area contributed by atoms with E-state index in [1.807, 2.05) is 51.0 Å². The van der Waals surface area contributed by atoms with E-state index >= 15 is 0 Å². The van der Waals surface area contributed by atoms with Crippen molar-refractivity contribution in [1.82, 2.24) is 9.78 Å². The monoisotopic (exact) mass is 287 g/mol. The molecule has 0 fully saturated rings. The van der Waals surface area contributed by atoms with Crippen molar-refractivity contribution < 1.29 is 4.79 Å². The third-order valence-corrected chi connectivity index (χ3v) is 3.33. The largest absolute Gasteiger partial charge is 0.396 e. The molecular weight excluding hydrogens is 266 g/mol. The van der Waals surface area contributed by atoms with Gasteiger partial charge < -0.3 is 16.0 Å². The average Bonchev–Trinajstić information content (AvgIpc) is 2.81. The number of hydrogen-bond donors (Lipinski definition) is 2. The van der Waals surface area contributed by atoms with E-state index in [4.69, 9.17) is 5.73 Å². The molecule has 0 aliphatic carbocycles. The molecule has 0 unspecified atom stereocenters. The highest BCUT2D eigenvalue weighted by Crippen LogP contribution is 2.23. The predicted octanol–water partition coefficient (Wildman–Crippen LogP) is 2.11. The summed E-state index contributed by atoms with van der Waals surface area (Å²) >= 11 is 0. The molecule has 0 spiro atoms. The molecular formula is C15H21N5O. The molecule has 1 aromatic heterocycles. The number of nitrogens with one attached hydrogen (secondary N) is 1. The zero-order valence-corrected chi connectivity index (χ0v) is 12.8. The predicted molar refractivity (Wildman–Crippen MR) is 85.8 cm³/mol. The van der Waals surface area contributed by atoms with E-state index in [1.54, 1.807) is 4.68 Å². The molecule has 112 valence electrons. The molecule has 1 amide bonds. The first kappa shape index (κ1) is 14.9.